The Morgan fingerprint density at radius 2 is 1.48 bits per heavy atom. The van der Waals surface area contributed by atoms with Crippen molar-refractivity contribution in [3.05, 3.63) is 147 Å². The molecule has 2 heterocycles. The number of thiazole rings is 1. The van der Waals surface area contributed by atoms with Crippen molar-refractivity contribution in [1.82, 2.24) is 0 Å². The van der Waals surface area contributed by atoms with Gasteiger partial charge in [0, 0.05) is 29.0 Å². The van der Waals surface area contributed by atoms with E-state index in [1.165, 1.54) is 42.3 Å². The van der Waals surface area contributed by atoms with Gasteiger partial charge in [-0.15, -0.1) is 0 Å². The predicted molar refractivity (Wildman–Crippen MR) is 203 cm³/mol. The molecular formula is C41H35N2O2S3+. The molecule has 6 aromatic rings. The standard InChI is InChI=1S/C41H35N2O2S3/c1-3-42-35-24-20-28-12-8-10-16-33(28)39(35)46-37(42)26-22-30-18-19-31(41(30)48(44,45)32-14-6-5-7-15-32)23-27-38-43(4-2)36-25-21-29-13-9-11-17-34(29)40(36)47-38/h5-17,20-27H,3-4,18-19H2,1-2H3/q+1. The molecule has 0 fully saturated rings. The number of thioether (sulfide) groups is 1. The van der Waals surface area contributed by atoms with Gasteiger partial charge >= 0.3 is 0 Å². The fraction of sp³-hybridized carbons (Fsp3) is 0.146. The third-order valence-electron chi connectivity index (χ3n) is 9.30. The molecule has 0 bridgehead atoms. The van der Waals surface area contributed by atoms with Crippen molar-refractivity contribution in [2.75, 3.05) is 11.4 Å². The Kier molecular flexibility index (Phi) is 8.07. The van der Waals surface area contributed by atoms with E-state index in [9.17, 15) is 8.42 Å². The molecule has 8 rings (SSSR count). The van der Waals surface area contributed by atoms with Gasteiger partial charge in [0.05, 0.1) is 20.5 Å². The van der Waals surface area contributed by atoms with E-state index in [2.05, 4.69) is 108 Å². The summed E-state index contributed by atoms with van der Waals surface area (Å²) >= 11 is 3.53. The maximum atomic E-state index is 14.3. The molecule has 0 atom stereocenters. The number of anilines is 1. The molecule has 0 N–H and O–H groups in total. The molecule has 0 unspecified atom stereocenters. The Hall–Kier alpha value is -4.43. The van der Waals surface area contributed by atoms with E-state index < -0.39 is 9.84 Å². The average molecular weight is 684 g/mol. The fourth-order valence-electron chi connectivity index (χ4n) is 6.99. The SMILES string of the molecule is CCN1/C(=C/C=C2\CCC(/C=C/c3sc4c5ccccc5ccc4[n+]3CC)=C2S(=O)(=O)c2ccccc2)Sc2c1ccc1ccccc21. The first-order valence-corrected chi connectivity index (χ1v) is 19.5. The van der Waals surface area contributed by atoms with Gasteiger partial charge in [-0.1, -0.05) is 108 Å². The normalized spacial score (nSPS) is 16.9. The number of hydrogen-bond donors (Lipinski definition) is 0. The van der Waals surface area contributed by atoms with Crippen LogP contribution in [0.1, 0.15) is 31.7 Å². The Balaban J connectivity index is 1.23. The van der Waals surface area contributed by atoms with Gasteiger partial charge in [-0.05, 0) is 84.3 Å². The van der Waals surface area contributed by atoms with Crippen molar-refractivity contribution in [2.24, 2.45) is 0 Å². The summed E-state index contributed by atoms with van der Waals surface area (Å²) in [4.78, 5) is 4.34. The van der Waals surface area contributed by atoms with Crippen LogP contribution >= 0.6 is 23.1 Å². The fourth-order valence-corrected chi connectivity index (χ4v) is 11.3. The minimum atomic E-state index is -3.75. The van der Waals surface area contributed by atoms with E-state index in [1.807, 2.05) is 18.2 Å². The molecule has 0 spiro atoms. The van der Waals surface area contributed by atoms with Gasteiger partial charge in [0.25, 0.3) is 5.01 Å². The lowest BCUT2D eigenvalue weighted by Gasteiger charge is -2.18. The highest BCUT2D eigenvalue weighted by Crippen LogP contribution is 2.49. The largest absolute Gasteiger partial charge is 0.335 e. The molecule has 0 saturated carbocycles. The summed E-state index contributed by atoms with van der Waals surface area (Å²) in [7, 11) is -3.75. The highest BCUT2D eigenvalue weighted by Gasteiger charge is 2.32. The van der Waals surface area contributed by atoms with Gasteiger partial charge in [-0.3, -0.25) is 0 Å². The molecule has 2 aliphatic rings. The molecule has 1 aliphatic carbocycles. The quantitative estimate of drug-likeness (QED) is 0.157. The van der Waals surface area contributed by atoms with E-state index >= 15 is 0 Å². The minimum Gasteiger partial charge on any atom is -0.335 e. The summed E-state index contributed by atoms with van der Waals surface area (Å²) in [5, 5.41) is 7.16. The zero-order chi connectivity index (χ0) is 32.8. The van der Waals surface area contributed by atoms with Crippen LogP contribution in [0.2, 0.25) is 0 Å². The molecule has 0 saturated heterocycles. The Labute approximate surface area is 290 Å². The monoisotopic (exact) mass is 683 g/mol. The number of sulfone groups is 1. The van der Waals surface area contributed by atoms with Crippen LogP contribution in [0.5, 0.6) is 0 Å². The number of fused-ring (bicyclic) bond motifs is 6. The Morgan fingerprint density at radius 1 is 0.771 bits per heavy atom. The van der Waals surface area contributed by atoms with E-state index in [-0.39, 0.29) is 0 Å². The van der Waals surface area contributed by atoms with Crippen LogP contribution in [0.25, 0.3) is 37.8 Å². The zero-order valence-corrected chi connectivity index (χ0v) is 29.3. The number of nitrogens with zero attached hydrogens (tertiary/aromatic N) is 2. The zero-order valence-electron chi connectivity index (χ0n) is 26.9. The van der Waals surface area contributed by atoms with Crippen LogP contribution in [0.15, 0.2) is 152 Å². The Bertz CT molecular complexity index is 2470. The molecule has 1 aromatic heterocycles. The molecule has 7 heteroatoms. The average Bonchev–Trinajstić information content (AvgIpc) is 3.83. The maximum absolute atomic E-state index is 14.3. The Morgan fingerprint density at radius 3 is 2.25 bits per heavy atom. The molecule has 1 aliphatic heterocycles. The van der Waals surface area contributed by atoms with Crippen LogP contribution in [0.4, 0.5) is 5.69 Å². The summed E-state index contributed by atoms with van der Waals surface area (Å²) < 4.78 is 32.3. The molecule has 48 heavy (non-hydrogen) atoms. The maximum Gasteiger partial charge on any atom is 0.262 e. The lowest BCUT2D eigenvalue weighted by Crippen LogP contribution is -2.33. The van der Waals surface area contributed by atoms with Crippen molar-refractivity contribution >= 4 is 76.5 Å². The number of aryl methyl sites for hydroxylation is 1. The second-order valence-electron chi connectivity index (χ2n) is 12.0. The number of aromatic nitrogens is 1. The van der Waals surface area contributed by atoms with Gasteiger partial charge < -0.3 is 4.90 Å². The molecule has 4 nitrogen and oxygen atoms in total. The minimum absolute atomic E-state index is 0.326. The van der Waals surface area contributed by atoms with Gasteiger partial charge in [0.1, 0.15) is 11.2 Å². The van der Waals surface area contributed by atoms with Crippen molar-refractivity contribution < 1.29 is 13.0 Å². The first kappa shape index (κ1) is 30.9. The summed E-state index contributed by atoms with van der Waals surface area (Å²) in [6.07, 6.45) is 9.67. The van der Waals surface area contributed by atoms with E-state index in [0.717, 1.165) is 34.3 Å². The van der Waals surface area contributed by atoms with Crippen molar-refractivity contribution in [3.63, 3.8) is 0 Å². The van der Waals surface area contributed by atoms with Crippen molar-refractivity contribution in [2.45, 2.75) is 43.0 Å². The van der Waals surface area contributed by atoms with E-state index in [0.29, 0.717) is 22.6 Å². The van der Waals surface area contributed by atoms with E-state index in [4.69, 9.17) is 0 Å². The van der Waals surface area contributed by atoms with Gasteiger partial charge in [0.2, 0.25) is 15.4 Å². The lowest BCUT2D eigenvalue weighted by molar-refractivity contribution is -0.665. The highest BCUT2D eigenvalue weighted by atomic mass is 32.2. The van der Waals surface area contributed by atoms with Crippen LogP contribution in [0.3, 0.4) is 0 Å². The summed E-state index contributed by atoms with van der Waals surface area (Å²) in [5.41, 5.74) is 4.12. The second-order valence-corrected chi connectivity index (χ2v) is 15.9. The summed E-state index contributed by atoms with van der Waals surface area (Å²) in [6.45, 7) is 5.98. The lowest BCUT2D eigenvalue weighted by atomic mass is 10.1. The first-order chi connectivity index (χ1) is 23.5. The predicted octanol–water partition coefficient (Wildman–Crippen LogP) is 10.5. The third-order valence-corrected chi connectivity index (χ3v) is 13.7. The van der Waals surface area contributed by atoms with Crippen molar-refractivity contribution in [1.29, 1.82) is 0 Å². The highest BCUT2D eigenvalue weighted by molar-refractivity contribution is 8.04. The molecule has 0 radical (unpaired) electrons. The molecule has 238 valence electrons. The smallest absolute Gasteiger partial charge is 0.262 e. The third kappa shape index (κ3) is 5.21. The number of rotatable bonds is 7. The first-order valence-electron chi connectivity index (χ1n) is 16.4. The molecule has 0 amide bonds. The summed E-state index contributed by atoms with van der Waals surface area (Å²) in [6, 6.07) is 34.6. The van der Waals surface area contributed by atoms with Crippen LogP contribution < -0.4 is 9.47 Å². The van der Waals surface area contributed by atoms with Gasteiger partial charge in [-0.25, -0.2) is 8.42 Å². The number of benzene rings is 5. The van der Waals surface area contributed by atoms with Gasteiger partial charge in [-0.2, -0.15) is 4.57 Å². The topological polar surface area (TPSA) is 41.3 Å². The van der Waals surface area contributed by atoms with Gasteiger partial charge in [0.15, 0.2) is 0 Å². The molecular weight excluding hydrogens is 649 g/mol. The second kappa shape index (κ2) is 12.5. The molecule has 5 aromatic carbocycles. The number of hydrogen-bond acceptors (Lipinski definition) is 5. The van der Waals surface area contributed by atoms with Crippen LogP contribution in [-0.4, -0.2) is 15.0 Å². The van der Waals surface area contributed by atoms with Crippen molar-refractivity contribution in [3.8, 4) is 0 Å². The van der Waals surface area contributed by atoms with Crippen LogP contribution in [-0.2, 0) is 16.4 Å². The van der Waals surface area contributed by atoms with Crippen LogP contribution in [0, 0.1) is 0 Å². The van der Waals surface area contributed by atoms with E-state index in [1.54, 1.807) is 47.4 Å². The number of allylic oxidation sites excluding steroid dienone is 5. The summed E-state index contributed by atoms with van der Waals surface area (Å²) in [5.74, 6) is 0.